The smallest absolute Gasteiger partial charge is 0.262 e. The fourth-order valence-electron chi connectivity index (χ4n) is 3.99. The second-order valence-electron chi connectivity index (χ2n) is 7.69. The average Bonchev–Trinajstić information content (AvgIpc) is 2.84. The molecule has 32 heavy (non-hydrogen) atoms. The quantitative estimate of drug-likeness (QED) is 0.614. The first-order valence-electron chi connectivity index (χ1n) is 10.4. The molecular formula is C24H25N3O4S. The van der Waals surface area contributed by atoms with Gasteiger partial charge in [0.05, 0.1) is 30.8 Å². The normalized spacial score (nSPS) is 14.7. The summed E-state index contributed by atoms with van der Waals surface area (Å²) >= 11 is 0. The molecule has 1 N–H and O–H groups in total. The van der Waals surface area contributed by atoms with E-state index >= 15 is 0 Å². The summed E-state index contributed by atoms with van der Waals surface area (Å²) in [7, 11) is -2.52. The van der Waals surface area contributed by atoms with Crippen molar-refractivity contribution >= 4 is 21.6 Å². The van der Waals surface area contributed by atoms with E-state index in [9.17, 15) is 13.2 Å². The van der Waals surface area contributed by atoms with Gasteiger partial charge in [-0.2, -0.15) is 0 Å². The molecule has 166 valence electrons. The highest BCUT2D eigenvalue weighted by Crippen LogP contribution is 2.29. The van der Waals surface area contributed by atoms with E-state index in [-0.39, 0.29) is 22.1 Å². The molecule has 0 radical (unpaired) electrons. The molecule has 1 aliphatic heterocycles. The highest BCUT2D eigenvalue weighted by molar-refractivity contribution is 7.92. The number of hydrogen-bond acceptors (Lipinski definition) is 5. The minimum absolute atomic E-state index is 0.0574. The summed E-state index contributed by atoms with van der Waals surface area (Å²) in [5, 5.41) is 0. The van der Waals surface area contributed by atoms with Crippen LogP contribution in [0.25, 0.3) is 0 Å². The molecule has 0 aliphatic carbocycles. The molecule has 2 aromatic carbocycles. The predicted octanol–water partition coefficient (Wildman–Crippen LogP) is 3.91. The molecule has 0 spiro atoms. The second kappa shape index (κ2) is 9.40. The van der Waals surface area contributed by atoms with Gasteiger partial charge in [0.1, 0.15) is 10.6 Å². The van der Waals surface area contributed by atoms with Gasteiger partial charge in [-0.05, 0) is 36.5 Å². The van der Waals surface area contributed by atoms with Gasteiger partial charge in [0.25, 0.3) is 15.9 Å². The zero-order chi connectivity index (χ0) is 22.6. The van der Waals surface area contributed by atoms with Crippen LogP contribution in [0, 0.1) is 0 Å². The van der Waals surface area contributed by atoms with Crippen LogP contribution >= 0.6 is 0 Å². The van der Waals surface area contributed by atoms with E-state index < -0.39 is 10.0 Å². The number of carbonyl (C=O) groups excluding carboxylic acids is 1. The Morgan fingerprint density at radius 3 is 2.44 bits per heavy atom. The van der Waals surface area contributed by atoms with Crippen molar-refractivity contribution in [2.24, 2.45) is 0 Å². The molecule has 1 fully saturated rings. The highest BCUT2D eigenvalue weighted by atomic mass is 32.2. The van der Waals surface area contributed by atoms with E-state index in [1.807, 2.05) is 18.2 Å². The SMILES string of the molecule is COc1cncc(NS(=O)(=O)c2ccccc2C(=O)N2CCC(c3ccccc3)CC2)c1. The number of carbonyl (C=O) groups is 1. The number of methoxy groups -OCH3 is 1. The molecular weight excluding hydrogens is 426 g/mol. The minimum Gasteiger partial charge on any atom is -0.495 e. The monoisotopic (exact) mass is 451 g/mol. The molecule has 1 aliphatic rings. The van der Waals surface area contributed by atoms with Crippen LogP contribution in [0.15, 0.2) is 78.0 Å². The van der Waals surface area contributed by atoms with E-state index in [0.29, 0.717) is 24.8 Å². The summed E-state index contributed by atoms with van der Waals surface area (Å²) in [4.78, 5) is 18.9. The number of aromatic nitrogens is 1. The van der Waals surface area contributed by atoms with Crippen LogP contribution in [0.4, 0.5) is 5.69 Å². The first-order chi connectivity index (χ1) is 15.5. The van der Waals surface area contributed by atoms with Gasteiger partial charge < -0.3 is 9.64 Å². The maximum absolute atomic E-state index is 13.3. The van der Waals surface area contributed by atoms with Gasteiger partial charge >= 0.3 is 0 Å². The molecule has 7 nitrogen and oxygen atoms in total. The lowest BCUT2D eigenvalue weighted by molar-refractivity contribution is 0.0709. The fourth-order valence-corrected chi connectivity index (χ4v) is 5.22. The number of anilines is 1. The minimum atomic E-state index is -4.00. The number of benzene rings is 2. The first-order valence-corrected chi connectivity index (χ1v) is 11.9. The Kier molecular flexibility index (Phi) is 6.41. The van der Waals surface area contributed by atoms with Gasteiger partial charge in [0.15, 0.2) is 0 Å². The van der Waals surface area contributed by atoms with Crippen LogP contribution < -0.4 is 9.46 Å². The molecule has 0 bridgehead atoms. The van der Waals surface area contributed by atoms with Crippen molar-refractivity contribution in [3.63, 3.8) is 0 Å². The Balaban J connectivity index is 1.52. The van der Waals surface area contributed by atoms with Crippen molar-refractivity contribution < 1.29 is 17.9 Å². The summed E-state index contributed by atoms with van der Waals surface area (Å²) < 4.78 is 33.8. The zero-order valence-electron chi connectivity index (χ0n) is 17.8. The number of nitrogens with zero attached hydrogens (tertiary/aromatic N) is 2. The summed E-state index contributed by atoms with van der Waals surface area (Å²) in [6.45, 7) is 1.17. The van der Waals surface area contributed by atoms with Crippen molar-refractivity contribution in [3.05, 3.63) is 84.2 Å². The Bertz CT molecular complexity index is 1190. The Morgan fingerprint density at radius 2 is 1.72 bits per heavy atom. The van der Waals surface area contributed by atoms with E-state index in [2.05, 4.69) is 21.8 Å². The molecule has 1 amide bonds. The number of rotatable bonds is 6. The number of likely N-dealkylation sites (tertiary alicyclic amines) is 1. The molecule has 4 rings (SSSR count). The van der Waals surface area contributed by atoms with Gasteiger partial charge in [-0.15, -0.1) is 0 Å². The van der Waals surface area contributed by atoms with Gasteiger partial charge in [-0.3, -0.25) is 14.5 Å². The molecule has 0 unspecified atom stereocenters. The van der Waals surface area contributed by atoms with Crippen LogP contribution in [0.5, 0.6) is 5.75 Å². The molecule has 0 saturated carbocycles. The van der Waals surface area contributed by atoms with E-state index in [1.165, 1.54) is 37.2 Å². The number of nitrogens with one attached hydrogen (secondary N) is 1. The summed E-state index contributed by atoms with van der Waals surface area (Å²) in [6.07, 6.45) is 4.56. The lowest BCUT2D eigenvalue weighted by Crippen LogP contribution is -2.38. The van der Waals surface area contributed by atoms with E-state index in [0.717, 1.165) is 12.8 Å². The number of pyridine rings is 1. The summed E-state index contributed by atoms with van der Waals surface area (Å²) in [6, 6.07) is 18.1. The lowest BCUT2D eigenvalue weighted by atomic mass is 9.89. The van der Waals surface area contributed by atoms with Crippen LogP contribution in [0.1, 0.15) is 34.7 Å². The molecule has 3 aromatic rings. The topological polar surface area (TPSA) is 88.6 Å². The van der Waals surface area contributed by atoms with Crippen LogP contribution in [-0.4, -0.2) is 44.4 Å². The van der Waals surface area contributed by atoms with Crippen molar-refractivity contribution in [2.75, 3.05) is 24.9 Å². The predicted molar refractivity (Wildman–Crippen MR) is 122 cm³/mol. The van der Waals surface area contributed by atoms with Gasteiger partial charge in [0, 0.05) is 19.2 Å². The molecule has 1 aromatic heterocycles. The number of hydrogen-bond donors (Lipinski definition) is 1. The third-order valence-corrected chi connectivity index (χ3v) is 7.10. The third-order valence-electron chi connectivity index (χ3n) is 5.66. The maximum atomic E-state index is 13.3. The largest absolute Gasteiger partial charge is 0.495 e. The Morgan fingerprint density at radius 1 is 1.03 bits per heavy atom. The van der Waals surface area contributed by atoms with E-state index in [4.69, 9.17) is 4.74 Å². The van der Waals surface area contributed by atoms with E-state index in [1.54, 1.807) is 23.1 Å². The molecule has 8 heteroatoms. The van der Waals surface area contributed by atoms with Crippen molar-refractivity contribution in [1.82, 2.24) is 9.88 Å². The number of ether oxygens (including phenoxy) is 1. The van der Waals surface area contributed by atoms with Gasteiger partial charge in [0.2, 0.25) is 0 Å². The summed E-state index contributed by atoms with van der Waals surface area (Å²) in [5.74, 6) is 0.554. The Hall–Kier alpha value is -3.39. The number of amides is 1. The molecule has 1 saturated heterocycles. The van der Waals surface area contributed by atoms with Crippen molar-refractivity contribution in [3.8, 4) is 5.75 Å². The van der Waals surface area contributed by atoms with Gasteiger partial charge in [-0.1, -0.05) is 42.5 Å². The molecule has 2 heterocycles. The maximum Gasteiger partial charge on any atom is 0.262 e. The van der Waals surface area contributed by atoms with Crippen molar-refractivity contribution in [2.45, 2.75) is 23.7 Å². The summed E-state index contributed by atoms with van der Waals surface area (Å²) in [5.41, 5.74) is 1.70. The Labute approximate surface area is 188 Å². The second-order valence-corrected chi connectivity index (χ2v) is 9.34. The van der Waals surface area contributed by atoms with Crippen molar-refractivity contribution in [1.29, 1.82) is 0 Å². The highest BCUT2D eigenvalue weighted by Gasteiger charge is 2.29. The van der Waals surface area contributed by atoms with Gasteiger partial charge in [-0.25, -0.2) is 8.42 Å². The fraction of sp³-hybridized carbons (Fsp3) is 0.250. The standard InChI is InChI=1S/C24H25N3O4S/c1-31-21-15-20(16-25-17-21)26-32(29,30)23-10-6-5-9-22(23)24(28)27-13-11-19(12-14-27)18-7-3-2-4-8-18/h2-10,15-17,19,26H,11-14H2,1H3. The third kappa shape index (κ3) is 4.75. The molecule has 0 atom stereocenters. The number of sulfonamides is 1. The first kappa shape index (κ1) is 21.8. The van der Waals surface area contributed by atoms with Crippen LogP contribution in [0.2, 0.25) is 0 Å². The lowest BCUT2D eigenvalue weighted by Gasteiger charge is -2.32. The van der Waals surface area contributed by atoms with Crippen LogP contribution in [0.3, 0.4) is 0 Å². The van der Waals surface area contributed by atoms with Crippen LogP contribution in [-0.2, 0) is 10.0 Å². The average molecular weight is 452 g/mol. The zero-order valence-corrected chi connectivity index (χ0v) is 18.6. The number of piperidine rings is 1.